The summed E-state index contributed by atoms with van der Waals surface area (Å²) in [7, 11) is 0. The number of nitrogens with zero attached hydrogens (tertiary/aromatic N) is 5. The van der Waals surface area contributed by atoms with E-state index >= 15 is 0 Å². The van der Waals surface area contributed by atoms with Crippen LogP contribution in [0, 0.1) is 5.82 Å². The Morgan fingerprint density at radius 2 is 2.04 bits per heavy atom. The van der Waals surface area contributed by atoms with Crippen LogP contribution >= 0.6 is 0 Å². The fourth-order valence-corrected chi connectivity index (χ4v) is 2.34. The van der Waals surface area contributed by atoms with Crippen molar-refractivity contribution in [2.75, 3.05) is 18.1 Å². The predicted molar refractivity (Wildman–Crippen MR) is 89.1 cm³/mol. The van der Waals surface area contributed by atoms with Gasteiger partial charge in [-0.2, -0.15) is 0 Å². The Labute approximate surface area is 143 Å². The molecule has 3 aromatic rings. The Morgan fingerprint density at radius 1 is 1.24 bits per heavy atom. The summed E-state index contributed by atoms with van der Waals surface area (Å²) in [4.78, 5) is 13.9. The molecule has 0 bridgehead atoms. The molecule has 1 aromatic heterocycles. The molecule has 0 radical (unpaired) electrons. The van der Waals surface area contributed by atoms with Crippen LogP contribution in [0.2, 0.25) is 0 Å². The van der Waals surface area contributed by atoms with Crippen LogP contribution < -0.4 is 9.64 Å². The number of likely N-dealkylation sites (N-methyl/N-ethyl adjacent to an activating group) is 1. The summed E-state index contributed by atoms with van der Waals surface area (Å²) in [5.74, 6) is -0.0404. The highest BCUT2D eigenvalue weighted by Gasteiger charge is 2.15. The number of ether oxygens (including phenoxy) is 1. The van der Waals surface area contributed by atoms with Crippen LogP contribution in [-0.2, 0) is 4.79 Å². The summed E-state index contributed by atoms with van der Waals surface area (Å²) in [6, 6.07) is 12.9. The standard InChI is InChI=1S/C17H16FN5O2/c1-2-22(14-8-6-13(18)7-9-14)17(24)11-25-16-5-3-4-15(10-16)23-12-19-20-21-23/h3-10,12H,2,11H2,1H3. The molecule has 0 aliphatic carbocycles. The first-order chi connectivity index (χ1) is 12.2. The molecule has 0 aliphatic heterocycles. The predicted octanol–water partition coefficient (Wildman–Crippen LogP) is 2.23. The second-order valence-corrected chi connectivity index (χ2v) is 5.15. The van der Waals surface area contributed by atoms with E-state index in [9.17, 15) is 9.18 Å². The molecule has 0 atom stereocenters. The van der Waals surface area contributed by atoms with Crippen molar-refractivity contribution in [3.05, 3.63) is 60.7 Å². The van der Waals surface area contributed by atoms with Crippen molar-refractivity contribution in [1.82, 2.24) is 20.2 Å². The van der Waals surface area contributed by atoms with Gasteiger partial charge >= 0.3 is 0 Å². The van der Waals surface area contributed by atoms with E-state index in [0.717, 1.165) is 5.69 Å². The Morgan fingerprint density at radius 3 is 2.72 bits per heavy atom. The van der Waals surface area contributed by atoms with Crippen LogP contribution in [0.3, 0.4) is 0 Å². The molecule has 0 unspecified atom stereocenters. The number of tetrazole rings is 1. The minimum Gasteiger partial charge on any atom is -0.484 e. The number of hydrogen-bond donors (Lipinski definition) is 0. The summed E-state index contributed by atoms with van der Waals surface area (Å²) in [6.07, 6.45) is 1.47. The van der Waals surface area contributed by atoms with E-state index in [2.05, 4.69) is 15.5 Å². The first-order valence-electron chi connectivity index (χ1n) is 7.69. The average Bonchev–Trinajstić information content (AvgIpc) is 3.17. The van der Waals surface area contributed by atoms with Gasteiger partial charge in [0.1, 0.15) is 17.9 Å². The molecule has 0 saturated heterocycles. The van der Waals surface area contributed by atoms with Gasteiger partial charge in [0.2, 0.25) is 0 Å². The van der Waals surface area contributed by atoms with E-state index in [1.165, 1.54) is 28.0 Å². The highest BCUT2D eigenvalue weighted by molar-refractivity contribution is 5.94. The summed E-state index contributed by atoms with van der Waals surface area (Å²) in [6.45, 7) is 2.17. The Hall–Kier alpha value is -3.29. The molecule has 1 heterocycles. The third kappa shape index (κ3) is 3.97. The number of carbonyl (C=O) groups is 1. The van der Waals surface area contributed by atoms with Crippen LogP contribution in [0.4, 0.5) is 10.1 Å². The normalized spacial score (nSPS) is 10.5. The smallest absolute Gasteiger partial charge is 0.264 e. The van der Waals surface area contributed by atoms with Crippen molar-refractivity contribution >= 4 is 11.6 Å². The minimum atomic E-state index is -0.345. The number of halogens is 1. The van der Waals surface area contributed by atoms with Gasteiger partial charge in [-0.25, -0.2) is 9.07 Å². The van der Waals surface area contributed by atoms with Crippen LogP contribution in [-0.4, -0.2) is 39.3 Å². The maximum Gasteiger partial charge on any atom is 0.264 e. The monoisotopic (exact) mass is 341 g/mol. The quantitative estimate of drug-likeness (QED) is 0.687. The minimum absolute atomic E-state index is 0.135. The summed E-state index contributed by atoms with van der Waals surface area (Å²) >= 11 is 0. The lowest BCUT2D eigenvalue weighted by Crippen LogP contribution is -2.34. The van der Waals surface area contributed by atoms with E-state index in [-0.39, 0.29) is 18.3 Å². The van der Waals surface area contributed by atoms with Gasteiger partial charge in [0.25, 0.3) is 5.91 Å². The van der Waals surface area contributed by atoms with Crippen molar-refractivity contribution in [2.24, 2.45) is 0 Å². The number of hydrogen-bond acceptors (Lipinski definition) is 5. The fraction of sp³-hybridized carbons (Fsp3) is 0.176. The van der Waals surface area contributed by atoms with Crippen molar-refractivity contribution in [1.29, 1.82) is 0 Å². The molecule has 128 valence electrons. The van der Waals surface area contributed by atoms with Gasteiger partial charge < -0.3 is 9.64 Å². The first kappa shape index (κ1) is 16.6. The third-order valence-corrected chi connectivity index (χ3v) is 3.55. The lowest BCUT2D eigenvalue weighted by Gasteiger charge is -2.21. The molecule has 0 N–H and O–H groups in total. The van der Waals surface area contributed by atoms with Crippen LogP contribution in [0.15, 0.2) is 54.9 Å². The van der Waals surface area contributed by atoms with Gasteiger partial charge in [-0.05, 0) is 53.7 Å². The van der Waals surface area contributed by atoms with Gasteiger partial charge in [0.15, 0.2) is 6.61 Å². The number of anilines is 1. The van der Waals surface area contributed by atoms with Gasteiger partial charge in [0.05, 0.1) is 5.69 Å². The lowest BCUT2D eigenvalue weighted by molar-refractivity contribution is -0.120. The van der Waals surface area contributed by atoms with E-state index in [1.54, 1.807) is 30.3 Å². The second kappa shape index (κ2) is 7.52. The zero-order valence-corrected chi connectivity index (χ0v) is 13.5. The molecule has 3 rings (SSSR count). The molecule has 0 saturated carbocycles. The van der Waals surface area contributed by atoms with Crippen molar-refractivity contribution in [3.8, 4) is 11.4 Å². The van der Waals surface area contributed by atoms with Gasteiger partial charge in [-0.15, -0.1) is 5.10 Å². The molecule has 2 aromatic carbocycles. The third-order valence-electron chi connectivity index (χ3n) is 3.55. The molecule has 7 nitrogen and oxygen atoms in total. The zero-order chi connectivity index (χ0) is 17.6. The van der Waals surface area contributed by atoms with Crippen LogP contribution in [0.25, 0.3) is 5.69 Å². The van der Waals surface area contributed by atoms with Crippen molar-refractivity contribution in [3.63, 3.8) is 0 Å². The summed E-state index contributed by atoms with van der Waals surface area (Å²) < 4.78 is 20.1. The SMILES string of the molecule is CCN(C(=O)COc1cccc(-n2cnnn2)c1)c1ccc(F)cc1. The molecule has 1 amide bonds. The fourth-order valence-electron chi connectivity index (χ4n) is 2.34. The molecule has 0 spiro atoms. The zero-order valence-electron chi connectivity index (χ0n) is 13.5. The van der Waals surface area contributed by atoms with E-state index in [4.69, 9.17) is 4.74 Å². The van der Waals surface area contributed by atoms with Crippen molar-refractivity contribution < 1.29 is 13.9 Å². The maximum atomic E-state index is 13.0. The number of amides is 1. The Balaban J connectivity index is 1.67. The Kier molecular flexibility index (Phi) is 4.98. The second-order valence-electron chi connectivity index (χ2n) is 5.15. The van der Waals surface area contributed by atoms with Gasteiger partial charge in [-0.1, -0.05) is 6.07 Å². The van der Waals surface area contributed by atoms with Gasteiger partial charge in [-0.3, -0.25) is 4.79 Å². The number of benzene rings is 2. The molecule has 0 aliphatic rings. The topological polar surface area (TPSA) is 73.1 Å². The number of carbonyl (C=O) groups excluding carboxylic acids is 1. The van der Waals surface area contributed by atoms with Gasteiger partial charge in [0, 0.05) is 18.3 Å². The first-order valence-corrected chi connectivity index (χ1v) is 7.69. The molecule has 0 fully saturated rings. The highest BCUT2D eigenvalue weighted by Crippen LogP contribution is 2.18. The van der Waals surface area contributed by atoms with E-state index in [0.29, 0.717) is 18.0 Å². The van der Waals surface area contributed by atoms with Crippen LogP contribution in [0.1, 0.15) is 6.92 Å². The van der Waals surface area contributed by atoms with Crippen LogP contribution in [0.5, 0.6) is 5.75 Å². The molecular formula is C17H16FN5O2. The number of rotatable bonds is 6. The largest absolute Gasteiger partial charge is 0.484 e. The maximum absolute atomic E-state index is 13.0. The molecular weight excluding hydrogens is 325 g/mol. The Bertz CT molecular complexity index is 837. The molecule has 25 heavy (non-hydrogen) atoms. The molecule has 8 heteroatoms. The summed E-state index contributed by atoms with van der Waals surface area (Å²) in [5, 5.41) is 11.0. The highest BCUT2D eigenvalue weighted by atomic mass is 19.1. The van der Waals surface area contributed by atoms with Crippen molar-refractivity contribution in [2.45, 2.75) is 6.92 Å². The summed E-state index contributed by atoms with van der Waals surface area (Å²) in [5.41, 5.74) is 1.35. The van der Waals surface area contributed by atoms with E-state index < -0.39 is 0 Å². The average molecular weight is 341 g/mol. The number of aromatic nitrogens is 4. The lowest BCUT2D eigenvalue weighted by atomic mass is 10.2. The van der Waals surface area contributed by atoms with E-state index in [1.807, 2.05) is 13.0 Å².